The number of rotatable bonds is 6. The largest absolute Gasteiger partial charge is 0.385 e. The molecule has 0 unspecified atom stereocenters. The molecular formula is C10H20N2O2. The molecule has 1 rings (SSSR count). The van der Waals surface area contributed by atoms with Gasteiger partial charge in [-0.1, -0.05) is 0 Å². The summed E-state index contributed by atoms with van der Waals surface area (Å²) in [5, 5.41) is 3.06. The zero-order chi connectivity index (χ0) is 10.2. The normalized spacial score (nSPS) is 17.5. The number of carbonyl (C=O) groups excluding carboxylic acids is 1. The van der Waals surface area contributed by atoms with Crippen LogP contribution in [-0.4, -0.2) is 50.7 Å². The summed E-state index contributed by atoms with van der Waals surface area (Å²) in [6, 6.07) is 0. The Labute approximate surface area is 85.6 Å². The minimum Gasteiger partial charge on any atom is -0.385 e. The van der Waals surface area contributed by atoms with Gasteiger partial charge in [-0.25, -0.2) is 0 Å². The maximum Gasteiger partial charge on any atom is 0.236 e. The molecule has 4 nitrogen and oxygen atoms in total. The minimum atomic E-state index is 0.239. The van der Waals surface area contributed by atoms with Gasteiger partial charge in [0.1, 0.15) is 0 Å². The van der Waals surface area contributed by atoms with Gasteiger partial charge in [-0.15, -0.1) is 0 Å². The summed E-state index contributed by atoms with van der Waals surface area (Å²) >= 11 is 0. The molecule has 1 fully saturated rings. The van der Waals surface area contributed by atoms with Crippen LogP contribution in [-0.2, 0) is 9.53 Å². The minimum absolute atomic E-state index is 0.239. The number of unbranched alkanes of at least 4 members (excludes halogenated alkanes) is 2. The number of carbonyl (C=O) groups is 1. The van der Waals surface area contributed by atoms with E-state index in [1.807, 2.05) is 4.90 Å². The number of amides is 1. The third-order valence-corrected chi connectivity index (χ3v) is 2.46. The molecule has 0 aromatic carbocycles. The lowest BCUT2D eigenvalue weighted by atomic mass is 10.2. The van der Waals surface area contributed by atoms with Crippen molar-refractivity contribution in [2.75, 3.05) is 39.9 Å². The smallest absolute Gasteiger partial charge is 0.236 e. The summed E-state index contributed by atoms with van der Waals surface area (Å²) in [7, 11) is 1.72. The summed E-state index contributed by atoms with van der Waals surface area (Å²) in [5.74, 6) is 0.239. The van der Waals surface area contributed by atoms with Gasteiger partial charge in [0, 0.05) is 33.4 Å². The van der Waals surface area contributed by atoms with Gasteiger partial charge in [-0.2, -0.15) is 0 Å². The van der Waals surface area contributed by atoms with Crippen molar-refractivity contribution in [1.82, 2.24) is 10.2 Å². The molecule has 1 N–H and O–H groups in total. The van der Waals surface area contributed by atoms with E-state index < -0.39 is 0 Å². The molecule has 0 spiro atoms. The molecule has 0 saturated carbocycles. The van der Waals surface area contributed by atoms with E-state index in [0.29, 0.717) is 6.54 Å². The Bertz CT molecular complexity index is 174. The first-order valence-electron chi connectivity index (χ1n) is 5.32. The third kappa shape index (κ3) is 4.07. The highest BCUT2D eigenvalue weighted by atomic mass is 16.5. The number of hydrogen-bond donors (Lipinski definition) is 1. The quantitative estimate of drug-likeness (QED) is 0.624. The highest BCUT2D eigenvalue weighted by Gasteiger charge is 2.16. The molecule has 0 radical (unpaired) electrons. The van der Waals surface area contributed by atoms with Crippen LogP contribution < -0.4 is 5.32 Å². The van der Waals surface area contributed by atoms with Crippen LogP contribution in [0, 0.1) is 0 Å². The predicted octanol–water partition coefficient (Wildman–Crippen LogP) is 0.235. The fourth-order valence-electron chi connectivity index (χ4n) is 1.61. The van der Waals surface area contributed by atoms with E-state index >= 15 is 0 Å². The summed E-state index contributed by atoms with van der Waals surface area (Å²) in [6.07, 6.45) is 3.33. The average Bonchev–Trinajstić information content (AvgIpc) is 2.20. The van der Waals surface area contributed by atoms with Gasteiger partial charge < -0.3 is 15.0 Å². The van der Waals surface area contributed by atoms with Gasteiger partial charge in [0.05, 0.1) is 6.54 Å². The second kappa shape index (κ2) is 6.79. The monoisotopic (exact) mass is 200 g/mol. The first-order valence-corrected chi connectivity index (χ1v) is 5.32. The number of ether oxygens (including phenoxy) is 1. The molecule has 14 heavy (non-hydrogen) atoms. The number of hydrogen-bond acceptors (Lipinski definition) is 3. The average molecular weight is 200 g/mol. The predicted molar refractivity (Wildman–Crippen MR) is 55.2 cm³/mol. The number of methoxy groups -OCH3 is 1. The Kier molecular flexibility index (Phi) is 5.56. The molecule has 0 bridgehead atoms. The highest BCUT2D eigenvalue weighted by Crippen LogP contribution is 2.01. The second-order valence-electron chi connectivity index (χ2n) is 3.61. The Morgan fingerprint density at radius 1 is 1.43 bits per heavy atom. The van der Waals surface area contributed by atoms with Crippen molar-refractivity contribution in [2.45, 2.75) is 19.3 Å². The first-order chi connectivity index (χ1) is 6.84. The Morgan fingerprint density at radius 2 is 2.29 bits per heavy atom. The highest BCUT2D eigenvalue weighted by molar-refractivity contribution is 5.78. The topological polar surface area (TPSA) is 41.6 Å². The van der Waals surface area contributed by atoms with E-state index in [0.717, 1.165) is 45.5 Å². The lowest BCUT2D eigenvalue weighted by molar-refractivity contribution is -0.131. The summed E-state index contributed by atoms with van der Waals surface area (Å²) in [6.45, 7) is 4.05. The third-order valence-electron chi connectivity index (χ3n) is 2.46. The SMILES string of the molecule is COCCCCCN1CCNCC1=O. The molecule has 1 aliphatic rings. The number of nitrogens with one attached hydrogen (secondary N) is 1. The second-order valence-corrected chi connectivity index (χ2v) is 3.61. The van der Waals surface area contributed by atoms with Gasteiger partial charge in [0.15, 0.2) is 0 Å². The molecule has 0 aromatic heterocycles. The van der Waals surface area contributed by atoms with Gasteiger partial charge in [-0.05, 0) is 19.3 Å². The maximum atomic E-state index is 11.4. The van der Waals surface area contributed by atoms with Crippen LogP contribution in [0.15, 0.2) is 0 Å². The Hall–Kier alpha value is -0.610. The first kappa shape index (κ1) is 11.5. The maximum absolute atomic E-state index is 11.4. The Morgan fingerprint density at radius 3 is 3.00 bits per heavy atom. The molecule has 1 saturated heterocycles. The van der Waals surface area contributed by atoms with Crippen LogP contribution in [0.1, 0.15) is 19.3 Å². The lowest BCUT2D eigenvalue weighted by Crippen LogP contribution is -2.48. The van der Waals surface area contributed by atoms with Crippen LogP contribution in [0.4, 0.5) is 0 Å². The van der Waals surface area contributed by atoms with E-state index in [-0.39, 0.29) is 5.91 Å². The van der Waals surface area contributed by atoms with E-state index in [1.165, 1.54) is 0 Å². The Balaban J connectivity index is 2.02. The molecule has 0 atom stereocenters. The van der Waals surface area contributed by atoms with Crippen molar-refractivity contribution >= 4 is 5.91 Å². The number of nitrogens with zero attached hydrogens (tertiary/aromatic N) is 1. The lowest BCUT2D eigenvalue weighted by Gasteiger charge is -2.27. The zero-order valence-corrected chi connectivity index (χ0v) is 8.92. The molecular weight excluding hydrogens is 180 g/mol. The number of piperazine rings is 1. The van der Waals surface area contributed by atoms with Crippen LogP contribution >= 0.6 is 0 Å². The molecule has 82 valence electrons. The molecule has 4 heteroatoms. The molecule has 0 aromatic rings. The zero-order valence-electron chi connectivity index (χ0n) is 8.92. The molecule has 1 heterocycles. The van der Waals surface area contributed by atoms with E-state index in [4.69, 9.17) is 4.74 Å². The molecule has 1 amide bonds. The van der Waals surface area contributed by atoms with Crippen molar-refractivity contribution in [3.63, 3.8) is 0 Å². The van der Waals surface area contributed by atoms with Gasteiger partial charge in [0.2, 0.25) is 5.91 Å². The summed E-state index contributed by atoms with van der Waals surface area (Å²) < 4.78 is 4.96. The standard InChI is InChI=1S/C10H20N2O2/c1-14-8-4-2-3-6-12-7-5-11-9-10(12)13/h11H,2-9H2,1H3. The summed E-state index contributed by atoms with van der Waals surface area (Å²) in [4.78, 5) is 13.3. The van der Waals surface area contributed by atoms with E-state index in [1.54, 1.807) is 7.11 Å². The van der Waals surface area contributed by atoms with Gasteiger partial charge >= 0.3 is 0 Å². The van der Waals surface area contributed by atoms with Gasteiger partial charge in [0.25, 0.3) is 0 Å². The fraction of sp³-hybridized carbons (Fsp3) is 0.900. The van der Waals surface area contributed by atoms with Crippen molar-refractivity contribution in [3.8, 4) is 0 Å². The molecule has 0 aliphatic carbocycles. The summed E-state index contributed by atoms with van der Waals surface area (Å²) in [5.41, 5.74) is 0. The van der Waals surface area contributed by atoms with Crippen molar-refractivity contribution < 1.29 is 9.53 Å². The molecule has 1 aliphatic heterocycles. The van der Waals surface area contributed by atoms with Crippen LogP contribution in [0.5, 0.6) is 0 Å². The van der Waals surface area contributed by atoms with Crippen molar-refractivity contribution in [3.05, 3.63) is 0 Å². The van der Waals surface area contributed by atoms with E-state index in [2.05, 4.69) is 5.32 Å². The van der Waals surface area contributed by atoms with Gasteiger partial charge in [-0.3, -0.25) is 4.79 Å². The van der Waals surface area contributed by atoms with Crippen LogP contribution in [0.2, 0.25) is 0 Å². The van der Waals surface area contributed by atoms with Crippen molar-refractivity contribution in [1.29, 1.82) is 0 Å². The van der Waals surface area contributed by atoms with E-state index in [9.17, 15) is 4.79 Å². The fourth-order valence-corrected chi connectivity index (χ4v) is 1.61. The van der Waals surface area contributed by atoms with Crippen molar-refractivity contribution in [2.24, 2.45) is 0 Å². The van der Waals surface area contributed by atoms with Crippen LogP contribution in [0.3, 0.4) is 0 Å². The van der Waals surface area contributed by atoms with Crippen LogP contribution in [0.25, 0.3) is 0 Å².